The molecule has 4 heteroatoms. The molecule has 0 bridgehead atoms. The molecule has 15 heavy (non-hydrogen) atoms. The Balaban J connectivity index is 3.88. The van der Waals surface area contributed by atoms with Gasteiger partial charge in [0, 0.05) is 13.3 Å². The van der Waals surface area contributed by atoms with Gasteiger partial charge in [0.05, 0.1) is 5.92 Å². The number of hydrogen-bond donors (Lipinski definition) is 0. The third-order valence-electron chi connectivity index (χ3n) is 1.63. The SMILES string of the molecule is CC(C)CC(=O)OC(C)OC(=O)C(C)C. The first-order chi connectivity index (χ1) is 6.82. The third-order valence-corrected chi connectivity index (χ3v) is 1.63. The third kappa shape index (κ3) is 6.94. The van der Waals surface area contributed by atoms with Gasteiger partial charge in [0.25, 0.3) is 0 Å². The second kappa shape index (κ2) is 6.43. The zero-order valence-electron chi connectivity index (χ0n) is 10.1. The Hall–Kier alpha value is -1.06. The molecule has 0 aromatic rings. The molecule has 0 rings (SSSR count). The fourth-order valence-corrected chi connectivity index (χ4v) is 0.890. The van der Waals surface area contributed by atoms with Crippen LogP contribution in [0.25, 0.3) is 0 Å². The lowest BCUT2D eigenvalue weighted by Crippen LogP contribution is -2.24. The summed E-state index contributed by atoms with van der Waals surface area (Å²) in [4.78, 5) is 22.3. The van der Waals surface area contributed by atoms with E-state index in [1.807, 2.05) is 13.8 Å². The number of esters is 2. The summed E-state index contributed by atoms with van der Waals surface area (Å²) in [6.07, 6.45) is -0.463. The van der Waals surface area contributed by atoms with E-state index in [2.05, 4.69) is 0 Å². The Morgan fingerprint density at radius 1 is 1.00 bits per heavy atom. The molecule has 0 heterocycles. The Bertz CT molecular complexity index is 221. The van der Waals surface area contributed by atoms with Gasteiger partial charge in [-0.15, -0.1) is 0 Å². The van der Waals surface area contributed by atoms with Crippen LogP contribution in [0.4, 0.5) is 0 Å². The van der Waals surface area contributed by atoms with E-state index in [1.165, 1.54) is 0 Å². The van der Waals surface area contributed by atoms with E-state index in [1.54, 1.807) is 20.8 Å². The smallest absolute Gasteiger partial charge is 0.311 e. The van der Waals surface area contributed by atoms with Crippen molar-refractivity contribution in [2.24, 2.45) is 11.8 Å². The minimum absolute atomic E-state index is 0.212. The van der Waals surface area contributed by atoms with Gasteiger partial charge in [-0.2, -0.15) is 0 Å². The number of carbonyl (C=O) groups excluding carboxylic acids is 2. The molecule has 0 aliphatic rings. The zero-order valence-corrected chi connectivity index (χ0v) is 10.1. The first kappa shape index (κ1) is 13.9. The molecule has 0 aromatic heterocycles. The van der Waals surface area contributed by atoms with Gasteiger partial charge in [0.2, 0.25) is 6.29 Å². The van der Waals surface area contributed by atoms with E-state index in [0.717, 1.165) is 0 Å². The van der Waals surface area contributed by atoms with E-state index < -0.39 is 6.29 Å². The van der Waals surface area contributed by atoms with Crippen molar-refractivity contribution in [1.29, 1.82) is 0 Å². The van der Waals surface area contributed by atoms with Crippen LogP contribution in [0.5, 0.6) is 0 Å². The number of ether oxygens (including phenoxy) is 2. The summed E-state index contributed by atoms with van der Waals surface area (Å²) >= 11 is 0. The van der Waals surface area contributed by atoms with Crippen molar-refractivity contribution < 1.29 is 19.1 Å². The molecule has 0 saturated carbocycles. The van der Waals surface area contributed by atoms with Crippen molar-refractivity contribution in [3.05, 3.63) is 0 Å². The highest BCUT2D eigenvalue weighted by Gasteiger charge is 2.16. The summed E-state index contributed by atoms with van der Waals surface area (Å²) in [5.41, 5.74) is 0. The largest absolute Gasteiger partial charge is 0.425 e. The van der Waals surface area contributed by atoms with Crippen LogP contribution < -0.4 is 0 Å². The minimum Gasteiger partial charge on any atom is -0.425 e. The lowest BCUT2D eigenvalue weighted by atomic mass is 10.1. The van der Waals surface area contributed by atoms with Crippen molar-refractivity contribution in [3.63, 3.8) is 0 Å². The van der Waals surface area contributed by atoms with E-state index in [9.17, 15) is 9.59 Å². The van der Waals surface area contributed by atoms with Crippen LogP contribution in [0.3, 0.4) is 0 Å². The normalized spacial score (nSPS) is 12.7. The predicted octanol–water partition coefficient (Wildman–Crippen LogP) is 2.12. The van der Waals surface area contributed by atoms with Gasteiger partial charge < -0.3 is 9.47 Å². The maximum atomic E-state index is 11.2. The molecule has 1 unspecified atom stereocenters. The highest BCUT2D eigenvalue weighted by molar-refractivity contribution is 5.72. The quantitative estimate of drug-likeness (QED) is 0.521. The summed E-state index contributed by atoms with van der Waals surface area (Å²) in [5.74, 6) is -0.671. The van der Waals surface area contributed by atoms with Crippen LogP contribution in [-0.2, 0) is 19.1 Å². The topological polar surface area (TPSA) is 52.6 Å². The van der Waals surface area contributed by atoms with Crippen molar-refractivity contribution in [1.82, 2.24) is 0 Å². The molecule has 0 saturated heterocycles. The van der Waals surface area contributed by atoms with Crippen LogP contribution >= 0.6 is 0 Å². The standard InChI is InChI=1S/C11H20O4/c1-7(2)6-10(12)14-9(5)15-11(13)8(3)4/h7-9H,6H2,1-5H3. The molecule has 0 radical (unpaired) electrons. The van der Waals surface area contributed by atoms with Gasteiger partial charge in [0.15, 0.2) is 0 Å². The Kier molecular flexibility index (Phi) is 5.97. The van der Waals surface area contributed by atoms with Crippen molar-refractivity contribution in [2.45, 2.75) is 47.3 Å². The lowest BCUT2D eigenvalue weighted by Gasteiger charge is -2.15. The molecule has 1 atom stereocenters. The van der Waals surface area contributed by atoms with E-state index in [4.69, 9.17) is 9.47 Å². The van der Waals surface area contributed by atoms with Crippen molar-refractivity contribution in [3.8, 4) is 0 Å². The van der Waals surface area contributed by atoms with Crippen LogP contribution in [0.2, 0.25) is 0 Å². The van der Waals surface area contributed by atoms with Gasteiger partial charge >= 0.3 is 11.9 Å². The van der Waals surface area contributed by atoms with Gasteiger partial charge in [-0.3, -0.25) is 9.59 Å². The van der Waals surface area contributed by atoms with Gasteiger partial charge in [-0.25, -0.2) is 0 Å². The molecule has 0 spiro atoms. The van der Waals surface area contributed by atoms with Gasteiger partial charge in [-0.05, 0) is 5.92 Å². The molecule has 88 valence electrons. The fraction of sp³-hybridized carbons (Fsp3) is 0.818. The second-order valence-corrected chi connectivity index (χ2v) is 4.25. The van der Waals surface area contributed by atoms with Gasteiger partial charge in [0.1, 0.15) is 0 Å². The highest BCUT2D eigenvalue weighted by atomic mass is 16.7. The molecule has 0 N–H and O–H groups in total. The van der Waals surface area contributed by atoms with Crippen LogP contribution in [-0.4, -0.2) is 18.2 Å². The molecule has 0 aromatic carbocycles. The van der Waals surface area contributed by atoms with Crippen molar-refractivity contribution in [2.75, 3.05) is 0 Å². The second-order valence-electron chi connectivity index (χ2n) is 4.25. The van der Waals surface area contributed by atoms with Gasteiger partial charge in [-0.1, -0.05) is 27.7 Å². The van der Waals surface area contributed by atoms with E-state index in [0.29, 0.717) is 6.42 Å². The molecular weight excluding hydrogens is 196 g/mol. The lowest BCUT2D eigenvalue weighted by molar-refractivity contribution is -0.187. The number of hydrogen-bond acceptors (Lipinski definition) is 4. The van der Waals surface area contributed by atoms with Crippen LogP contribution in [0.1, 0.15) is 41.0 Å². The van der Waals surface area contributed by atoms with Crippen molar-refractivity contribution >= 4 is 11.9 Å². The molecule has 0 aliphatic heterocycles. The number of rotatable bonds is 5. The fourth-order valence-electron chi connectivity index (χ4n) is 0.890. The first-order valence-electron chi connectivity index (χ1n) is 5.23. The average molecular weight is 216 g/mol. The molecule has 0 aliphatic carbocycles. The van der Waals surface area contributed by atoms with E-state index >= 15 is 0 Å². The summed E-state index contributed by atoms with van der Waals surface area (Å²) in [6.45, 7) is 8.84. The summed E-state index contributed by atoms with van der Waals surface area (Å²) in [7, 11) is 0. The summed E-state index contributed by atoms with van der Waals surface area (Å²) in [5, 5.41) is 0. The minimum atomic E-state index is -0.800. The number of carbonyl (C=O) groups is 2. The molecule has 0 amide bonds. The Morgan fingerprint density at radius 2 is 1.53 bits per heavy atom. The monoisotopic (exact) mass is 216 g/mol. The molecule has 4 nitrogen and oxygen atoms in total. The van der Waals surface area contributed by atoms with Crippen LogP contribution in [0.15, 0.2) is 0 Å². The molecule has 0 fully saturated rings. The Labute approximate surface area is 90.9 Å². The maximum Gasteiger partial charge on any atom is 0.311 e. The highest BCUT2D eigenvalue weighted by Crippen LogP contribution is 2.06. The van der Waals surface area contributed by atoms with Crippen LogP contribution in [0, 0.1) is 11.8 Å². The maximum absolute atomic E-state index is 11.2. The molecular formula is C11H20O4. The Morgan fingerprint density at radius 3 is 1.93 bits per heavy atom. The van der Waals surface area contributed by atoms with E-state index in [-0.39, 0.29) is 23.8 Å². The predicted molar refractivity (Wildman–Crippen MR) is 55.9 cm³/mol. The average Bonchev–Trinajstić information content (AvgIpc) is 2.00. The zero-order chi connectivity index (χ0) is 12.0. The summed E-state index contributed by atoms with van der Waals surface area (Å²) < 4.78 is 9.78. The summed E-state index contributed by atoms with van der Waals surface area (Å²) in [6, 6.07) is 0. The first-order valence-corrected chi connectivity index (χ1v) is 5.23.